The van der Waals surface area contributed by atoms with Crippen molar-refractivity contribution < 1.29 is 4.74 Å². The highest BCUT2D eigenvalue weighted by atomic mass is 35.5. The minimum Gasteiger partial charge on any atom is -0.497 e. The molecule has 1 atom stereocenters. The summed E-state index contributed by atoms with van der Waals surface area (Å²) in [6.45, 7) is 0.873. The second-order valence-electron chi connectivity index (χ2n) is 7.13. The molecule has 6 heteroatoms. The van der Waals surface area contributed by atoms with Gasteiger partial charge in [-0.2, -0.15) is 0 Å². The van der Waals surface area contributed by atoms with Gasteiger partial charge in [0, 0.05) is 32.4 Å². The van der Waals surface area contributed by atoms with Gasteiger partial charge in [0.15, 0.2) is 0 Å². The van der Waals surface area contributed by atoms with Gasteiger partial charge in [0.05, 0.1) is 7.11 Å². The molecule has 2 heterocycles. The maximum absolute atomic E-state index is 5.33. The Bertz CT molecular complexity index is 962. The van der Waals surface area contributed by atoms with Crippen LogP contribution in [0.2, 0.25) is 0 Å². The Morgan fingerprint density at radius 1 is 0.933 bits per heavy atom. The first-order chi connectivity index (χ1) is 13.7. The summed E-state index contributed by atoms with van der Waals surface area (Å²) in [5, 5.41) is 0. The Balaban J connectivity index is 0.00000160. The quantitative estimate of drug-likeness (QED) is 0.522. The zero-order valence-corrected chi connectivity index (χ0v) is 18.8. The molecule has 0 saturated heterocycles. The molecule has 1 aliphatic rings. The molecule has 0 amide bonds. The molecule has 0 spiro atoms. The van der Waals surface area contributed by atoms with Gasteiger partial charge in [0.2, 0.25) is 0 Å². The van der Waals surface area contributed by atoms with Gasteiger partial charge in [-0.05, 0) is 52.9 Å². The number of ether oxygens (including phenoxy) is 1. The lowest BCUT2D eigenvalue weighted by atomic mass is 9.95. The monoisotopic (exact) mass is 443 g/mol. The van der Waals surface area contributed by atoms with E-state index in [1.54, 1.807) is 7.11 Å². The molecule has 4 nitrogen and oxygen atoms in total. The molecule has 158 valence electrons. The maximum Gasteiger partial charge on any atom is 0.118 e. The summed E-state index contributed by atoms with van der Waals surface area (Å²) in [4.78, 5) is 11.6. The third-order valence-electron chi connectivity index (χ3n) is 5.29. The zero-order chi connectivity index (χ0) is 19.3. The molecule has 0 N–H and O–H groups in total. The van der Waals surface area contributed by atoms with E-state index in [4.69, 9.17) is 9.73 Å². The maximum atomic E-state index is 5.33. The number of rotatable bonds is 5. The highest BCUT2D eigenvalue weighted by Crippen LogP contribution is 2.33. The van der Waals surface area contributed by atoms with E-state index >= 15 is 0 Å². The topological polar surface area (TPSA) is 37.7 Å². The fourth-order valence-corrected chi connectivity index (χ4v) is 3.71. The Morgan fingerprint density at radius 3 is 2.33 bits per heavy atom. The Hall–Kier alpha value is -2.56. The molecular formula is C24H27Cl2N3O. The predicted molar refractivity (Wildman–Crippen MR) is 127 cm³/mol. The number of pyridine rings is 1. The lowest BCUT2D eigenvalue weighted by Crippen LogP contribution is -2.26. The number of methoxy groups -OCH3 is 1. The number of benzene rings is 2. The van der Waals surface area contributed by atoms with Gasteiger partial charge in [0.25, 0.3) is 0 Å². The largest absolute Gasteiger partial charge is 0.497 e. The molecule has 1 unspecified atom stereocenters. The Labute approximate surface area is 190 Å². The van der Waals surface area contributed by atoms with Crippen LogP contribution in [0.25, 0.3) is 0 Å². The van der Waals surface area contributed by atoms with Crippen molar-refractivity contribution >= 4 is 30.6 Å². The molecule has 0 fully saturated rings. The zero-order valence-electron chi connectivity index (χ0n) is 17.2. The molecular weight excluding hydrogens is 417 g/mol. The van der Waals surface area contributed by atoms with Gasteiger partial charge in [0.1, 0.15) is 17.6 Å². The van der Waals surface area contributed by atoms with E-state index in [0.717, 1.165) is 31.0 Å². The van der Waals surface area contributed by atoms with Crippen molar-refractivity contribution in [1.82, 2.24) is 9.88 Å². The van der Waals surface area contributed by atoms with Crippen LogP contribution in [0, 0.1) is 0 Å². The fraction of sp³-hybridized carbons (Fsp3) is 0.250. The van der Waals surface area contributed by atoms with Crippen molar-refractivity contribution in [1.29, 1.82) is 0 Å². The van der Waals surface area contributed by atoms with Gasteiger partial charge >= 0.3 is 0 Å². The number of fused-ring (bicyclic) bond motifs is 1. The standard InChI is InChI=1S/C24H25N3O.2ClH/c1-27-17-20-5-3-4-6-22(20)24(19-8-10-21(28-2)11-9-19)26-23(27)12-7-18-13-15-25-16-14-18;;/h3-6,8-11,13-16,24H,7,12,17H2,1-2H3;2*1H. The van der Waals surface area contributed by atoms with Crippen LogP contribution in [-0.2, 0) is 13.0 Å². The molecule has 0 saturated carbocycles. The van der Waals surface area contributed by atoms with Crippen LogP contribution in [0.5, 0.6) is 5.75 Å². The summed E-state index contributed by atoms with van der Waals surface area (Å²) in [6, 6.07) is 21.0. The van der Waals surface area contributed by atoms with E-state index in [2.05, 4.69) is 65.5 Å². The van der Waals surface area contributed by atoms with E-state index in [1.807, 2.05) is 24.5 Å². The first-order valence-electron chi connectivity index (χ1n) is 9.63. The predicted octanol–water partition coefficient (Wildman–Crippen LogP) is 5.50. The first kappa shape index (κ1) is 23.7. The van der Waals surface area contributed by atoms with Gasteiger partial charge < -0.3 is 9.64 Å². The van der Waals surface area contributed by atoms with Gasteiger partial charge in [-0.25, -0.2) is 0 Å². The van der Waals surface area contributed by atoms with Crippen LogP contribution in [0.3, 0.4) is 0 Å². The van der Waals surface area contributed by atoms with Crippen LogP contribution in [0.15, 0.2) is 78.0 Å². The lowest BCUT2D eigenvalue weighted by Gasteiger charge is -2.20. The van der Waals surface area contributed by atoms with Gasteiger partial charge in [-0.1, -0.05) is 36.4 Å². The van der Waals surface area contributed by atoms with Crippen LogP contribution < -0.4 is 4.74 Å². The summed E-state index contributed by atoms with van der Waals surface area (Å²) < 4.78 is 5.33. The minimum atomic E-state index is -0.000467. The highest BCUT2D eigenvalue weighted by Gasteiger charge is 2.23. The number of aromatic nitrogens is 1. The number of amidine groups is 1. The third-order valence-corrected chi connectivity index (χ3v) is 5.29. The molecule has 0 radical (unpaired) electrons. The van der Waals surface area contributed by atoms with E-state index in [1.165, 1.54) is 22.3 Å². The highest BCUT2D eigenvalue weighted by molar-refractivity contribution is 5.85. The summed E-state index contributed by atoms with van der Waals surface area (Å²) in [5.74, 6) is 2.00. The molecule has 1 aliphatic heterocycles. The average molecular weight is 444 g/mol. The smallest absolute Gasteiger partial charge is 0.118 e. The molecule has 2 aromatic carbocycles. The number of aliphatic imine (C=N–C) groups is 1. The SMILES string of the molecule is COc1ccc(C2N=C(CCc3ccncc3)N(C)Cc3ccccc32)cc1.Cl.Cl. The van der Waals surface area contributed by atoms with Crippen molar-refractivity contribution in [2.24, 2.45) is 4.99 Å². The van der Waals surface area contributed by atoms with Crippen molar-refractivity contribution in [3.05, 3.63) is 95.3 Å². The normalized spacial score (nSPS) is 15.1. The second kappa shape index (κ2) is 11.0. The fourth-order valence-electron chi connectivity index (χ4n) is 3.71. The van der Waals surface area contributed by atoms with E-state index in [-0.39, 0.29) is 30.9 Å². The van der Waals surface area contributed by atoms with Crippen molar-refractivity contribution in [3.63, 3.8) is 0 Å². The van der Waals surface area contributed by atoms with Crippen molar-refractivity contribution in [2.45, 2.75) is 25.4 Å². The number of hydrogen-bond donors (Lipinski definition) is 0. The Morgan fingerprint density at radius 2 is 1.63 bits per heavy atom. The molecule has 0 bridgehead atoms. The third kappa shape index (κ3) is 5.32. The van der Waals surface area contributed by atoms with E-state index in [9.17, 15) is 0 Å². The Kier molecular flexibility index (Phi) is 8.70. The second-order valence-corrected chi connectivity index (χ2v) is 7.13. The first-order valence-corrected chi connectivity index (χ1v) is 9.63. The summed E-state index contributed by atoms with van der Waals surface area (Å²) in [6.07, 6.45) is 5.56. The number of hydrogen-bond acceptors (Lipinski definition) is 4. The van der Waals surface area contributed by atoms with Crippen LogP contribution in [-0.4, -0.2) is 29.9 Å². The van der Waals surface area contributed by atoms with Crippen LogP contribution in [0.1, 0.15) is 34.7 Å². The number of halogens is 2. The molecule has 0 aliphatic carbocycles. The van der Waals surface area contributed by atoms with E-state index < -0.39 is 0 Å². The summed E-state index contributed by atoms with van der Waals surface area (Å²) >= 11 is 0. The molecule has 30 heavy (non-hydrogen) atoms. The summed E-state index contributed by atoms with van der Waals surface area (Å²) in [7, 11) is 3.83. The summed E-state index contributed by atoms with van der Waals surface area (Å²) in [5.41, 5.74) is 5.07. The molecule has 3 aromatic rings. The average Bonchev–Trinajstić information content (AvgIpc) is 2.89. The number of nitrogens with zero attached hydrogens (tertiary/aromatic N) is 3. The van der Waals surface area contributed by atoms with Crippen molar-refractivity contribution in [2.75, 3.05) is 14.2 Å². The van der Waals surface area contributed by atoms with Crippen molar-refractivity contribution in [3.8, 4) is 5.75 Å². The molecule has 1 aromatic heterocycles. The minimum absolute atomic E-state index is 0. The lowest BCUT2D eigenvalue weighted by molar-refractivity contribution is 0.414. The number of aryl methyl sites for hydroxylation is 1. The van der Waals surface area contributed by atoms with Crippen LogP contribution >= 0.6 is 24.8 Å². The van der Waals surface area contributed by atoms with Gasteiger partial charge in [-0.3, -0.25) is 9.98 Å². The van der Waals surface area contributed by atoms with Gasteiger partial charge in [-0.15, -0.1) is 24.8 Å². The van der Waals surface area contributed by atoms with E-state index in [0.29, 0.717) is 0 Å². The molecule has 4 rings (SSSR count). The van der Waals surface area contributed by atoms with Crippen LogP contribution in [0.4, 0.5) is 0 Å².